The predicted octanol–water partition coefficient (Wildman–Crippen LogP) is 6.14. The summed E-state index contributed by atoms with van der Waals surface area (Å²) in [5.74, 6) is 0.895. The van der Waals surface area contributed by atoms with Gasteiger partial charge in [0.15, 0.2) is 0 Å². The highest BCUT2D eigenvalue weighted by atomic mass is 35.5. The summed E-state index contributed by atoms with van der Waals surface area (Å²) in [6, 6.07) is 16.8. The Labute approximate surface area is 151 Å². The summed E-state index contributed by atoms with van der Waals surface area (Å²) >= 11 is 5.96. The van der Waals surface area contributed by atoms with Gasteiger partial charge >= 0.3 is 0 Å². The number of halogens is 1. The van der Waals surface area contributed by atoms with E-state index in [2.05, 4.69) is 61.2 Å². The van der Waals surface area contributed by atoms with Crippen LogP contribution in [0.3, 0.4) is 0 Å². The smallest absolute Gasteiger partial charge is 0.0406 e. The Morgan fingerprint density at radius 1 is 1.00 bits per heavy atom. The van der Waals surface area contributed by atoms with Gasteiger partial charge in [-0.25, -0.2) is 0 Å². The molecule has 1 heterocycles. The van der Waals surface area contributed by atoms with Gasteiger partial charge in [0.05, 0.1) is 0 Å². The average molecular weight is 340 g/mol. The first-order valence-electron chi connectivity index (χ1n) is 8.87. The summed E-state index contributed by atoms with van der Waals surface area (Å²) < 4.78 is 0. The number of piperidine rings is 1. The van der Waals surface area contributed by atoms with Gasteiger partial charge in [-0.1, -0.05) is 61.0 Å². The first-order chi connectivity index (χ1) is 11.6. The van der Waals surface area contributed by atoms with Crippen LogP contribution < -0.4 is 0 Å². The minimum absolute atomic E-state index is 0.779. The molecule has 0 spiro atoms. The molecule has 1 fully saturated rings. The van der Waals surface area contributed by atoms with E-state index >= 15 is 0 Å². The van der Waals surface area contributed by atoms with E-state index in [9.17, 15) is 0 Å². The topological polar surface area (TPSA) is 3.24 Å². The monoisotopic (exact) mass is 339 g/mol. The van der Waals surface area contributed by atoms with Crippen LogP contribution in [0.1, 0.15) is 32.3 Å². The predicted molar refractivity (Wildman–Crippen MR) is 105 cm³/mol. The Kier molecular flexibility index (Phi) is 5.76. The molecule has 24 heavy (non-hydrogen) atoms. The molecule has 0 bridgehead atoms. The van der Waals surface area contributed by atoms with Crippen LogP contribution in [0.15, 0.2) is 54.6 Å². The van der Waals surface area contributed by atoms with Crippen LogP contribution in [-0.2, 0) is 0 Å². The lowest BCUT2D eigenvalue weighted by Crippen LogP contribution is -2.32. The van der Waals surface area contributed by atoms with Crippen LogP contribution >= 0.6 is 11.6 Å². The van der Waals surface area contributed by atoms with Crippen LogP contribution in [0.2, 0.25) is 5.02 Å². The fourth-order valence-electron chi connectivity index (χ4n) is 3.20. The zero-order valence-electron chi connectivity index (χ0n) is 14.6. The van der Waals surface area contributed by atoms with Gasteiger partial charge in [0.25, 0.3) is 0 Å². The third-order valence-corrected chi connectivity index (χ3v) is 5.30. The summed E-state index contributed by atoms with van der Waals surface area (Å²) in [6.45, 7) is 8.11. The van der Waals surface area contributed by atoms with Crippen molar-refractivity contribution in [2.75, 3.05) is 19.6 Å². The molecule has 0 aliphatic carbocycles. The number of hydrogen-bond acceptors (Lipinski definition) is 1. The van der Waals surface area contributed by atoms with Crippen LogP contribution in [0, 0.1) is 5.92 Å². The van der Waals surface area contributed by atoms with Gasteiger partial charge in [-0.3, -0.25) is 4.90 Å². The molecule has 1 aliphatic rings. The Morgan fingerprint density at radius 2 is 1.54 bits per heavy atom. The molecule has 0 unspecified atom stereocenters. The zero-order chi connectivity index (χ0) is 16.9. The Morgan fingerprint density at radius 3 is 2.12 bits per heavy atom. The maximum absolute atomic E-state index is 5.96. The maximum Gasteiger partial charge on any atom is 0.0406 e. The van der Waals surface area contributed by atoms with Crippen molar-refractivity contribution < 1.29 is 0 Å². The largest absolute Gasteiger partial charge is 0.300 e. The third-order valence-electron chi connectivity index (χ3n) is 5.05. The van der Waals surface area contributed by atoms with Crippen LogP contribution in [-0.4, -0.2) is 24.5 Å². The first-order valence-corrected chi connectivity index (χ1v) is 9.25. The SMILES string of the molecule is C/C(=C/CN1CCC(C)CC1)c1ccc(-c2ccc(Cl)cc2)cc1. The summed E-state index contributed by atoms with van der Waals surface area (Å²) in [6.07, 6.45) is 5.04. The lowest BCUT2D eigenvalue weighted by Gasteiger charge is -2.29. The minimum Gasteiger partial charge on any atom is -0.300 e. The van der Waals surface area contributed by atoms with Crippen molar-refractivity contribution in [2.24, 2.45) is 5.92 Å². The molecule has 0 N–H and O–H groups in total. The van der Waals surface area contributed by atoms with E-state index in [4.69, 9.17) is 11.6 Å². The molecule has 0 saturated carbocycles. The first kappa shape index (κ1) is 17.3. The Hall–Kier alpha value is -1.57. The summed E-state index contributed by atoms with van der Waals surface area (Å²) in [5, 5.41) is 0.779. The molecule has 126 valence electrons. The van der Waals surface area contributed by atoms with Gasteiger partial charge in [-0.2, -0.15) is 0 Å². The lowest BCUT2D eigenvalue weighted by molar-refractivity contribution is 0.210. The molecule has 1 saturated heterocycles. The molecule has 2 heteroatoms. The number of rotatable bonds is 4. The second kappa shape index (κ2) is 8.00. The van der Waals surface area contributed by atoms with Crippen molar-refractivity contribution in [2.45, 2.75) is 26.7 Å². The molecule has 2 aromatic rings. The molecule has 1 aliphatic heterocycles. The van der Waals surface area contributed by atoms with Crippen molar-refractivity contribution in [3.63, 3.8) is 0 Å². The van der Waals surface area contributed by atoms with Crippen molar-refractivity contribution in [3.05, 3.63) is 65.2 Å². The minimum atomic E-state index is 0.779. The van der Waals surface area contributed by atoms with E-state index < -0.39 is 0 Å². The number of hydrogen-bond donors (Lipinski definition) is 0. The highest BCUT2D eigenvalue weighted by molar-refractivity contribution is 6.30. The van der Waals surface area contributed by atoms with Crippen molar-refractivity contribution in [1.82, 2.24) is 4.90 Å². The molecule has 0 amide bonds. The quantitative estimate of drug-likeness (QED) is 0.646. The fraction of sp³-hybridized carbons (Fsp3) is 0.364. The van der Waals surface area contributed by atoms with Crippen molar-refractivity contribution in [1.29, 1.82) is 0 Å². The van der Waals surface area contributed by atoms with Crippen molar-refractivity contribution >= 4 is 17.2 Å². The maximum atomic E-state index is 5.96. The van der Waals surface area contributed by atoms with Gasteiger partial charge in [0.2, 0.25) is 0 Å². The van der Waals surface area contributed by atoms with E-state index in [1.807, 2.05) is 12.1 Å². The lowest BCUT2D eigenvalue weighted by atomic mass is 9.98. The summed E-state index contributed by atoms with van der Waals surface area (Å²) in [4.78, 5) is 2.56. The van der Waals surface area contributed by atoms with Gasteiger partial charge in [0, 0.05) is 11.6 Å². The number of benzene rings is 2. The van der Waals surface area contributed by atoms with Crippen LogP contribution in [0.4, 0.5) is 0 Å². The zero-order valence-corrected chi connectivity index (χ0v) is 15.4. The van der Waals surface area contributed by atoms with E-state index in [0.29, 0.717) is 0 Å². The van der Waals surface area contributed by atoms with Crippen LogP contribution in [0.25, 0.3) is 16.7 Å². The van der Waals surface area contributed by atoms with Gasteiger partial charge in [-0.15, -0.1) is 0 Å². The Bertz CT molecular complexity index is 677. The number of likely N-dealkylation sites (tertiary alicyclic amines) is 1. The molecule has 0 atom stereocenters. The average Bonchev–Trinajstić information content (AvgIpc) is 2.62. The Balaban J connectivity index is 1.64. The molecule has 3 rings (SSSR count). The normalized spacial score (nSPS) is 17.2. The molecule has 1 nitrogen and oxygen atoms in total. The standard InChI is InChI=1S/C22H26ClN/c1-17-11-14-24(15-12-17)16-13-18(2)19-3-5-20(6-4-19)21-7-9-22(23)10-8-21/h3-10,13,17H,11-12,14-16H2,1-2H3/b18-13-. The highest BCUT2D eigenvalue weighted by Gasteiger charge is 2.14. The van der Waals surface area contributed by atoms with Gasteiger partial charge in [0.1, 0.15) is 0 Å². The highest BCUT2D eigenvalue weighted by Crippen LogP contribution is 2.24. The second-order valence-electron chi connectivity index (χ2n) is 6.95. The number of nitrogens with zero attached hydrogens (tertiary/aromatic N) is 1. The molecule has 2 aromatic carbocycles. The van der Waals surface area contributed by atoms with E-state index in [0.717, 1.165) is 17.5 Å². The molecular formula is C22H26ClN. The van der Waals surface area contributed by atoms with Crippen LogP contribution in [0.5, 0.6) is 0 Å². The molecule has 0 aromatic heterocycles. The van der Waals surface area contributed by atoms with E-state index in [1.54, 1.807) is 0 Å². The van der Waals surface area contributed by atoms with E-state index in [1.165, 1.54) is 48.2 Å². The molecule has 0 radical (unpaired) electrons. The van der Waals surface area contributed by atoms with Gasteiger partial charge in [-0.05, 0) is 73.2 Å². The molecular weight excluding hydrogens is 314 g/mol. The second-order valence-corrected chi connectivity index (χ2v) is 7.39. The summed E-state index contributed by atoms with van der Waals surface area (Å²) in [7, 11) is 0. The third kappa shape index (κ3) is 4.49. The summed E-state index contributed by atoms with van der Waals surface area (Å²) in [5.41, 5.74) is 5.10. The van der Waals surface area contributed by atoms with Gasteiger partial charge < -0.3 is 0 Å². The number of allylic oxidation sites excluding steroid dienone is 1. The van der Waals surface area contributed by atoms with Crippen molar-refractivity contribution in [3.8, 4) is 11.1 Å². The fourth-order valence-corrected chi connectivity index (χ4v) is 3.32. The van der Waals surface area contributed by atoms with E-state index in [-0.39, 0.29) is 0 Å².